The minimum absolute atomic E-state index is 0.0979. The second kappa shape index (κ2) is 8.20. The zero-order valence-corrected chi connectivity index (χ0v) is 17.5. The molecule has 0 saturated carbocycles. The minimum atomic E-state index is -1.04. The molecule has 158 valence electrons. The number of ether oxygens (including phenoxy) is 1. The molecule has 0 unspecified atom stereocenters. The number of imidazole rings is 1. The quantitative estimate of drug-likeness (QED) is 0.368. The van der Waals surface area contributed by atoms with Crippen LogP contribution in [0.4, 0.5) is 0 Å². The number of H-pyrrole nitrogens is 1. The molecule has 0 atom stereocenters. The molecule has 0 amide bonds. The zero-order valence-electron chi connectivity index (χ0n) is 16.7. The summed E-state index contributed by atoms with van der Waals surface area (Å²) in [6, 6.07) is 21.3. The number of halogens is 1. The molecule has 0 saturated heterocycles. The third-order valence-electron chi connectivity index (χ3n) is 4.98. The van der Waals surface area contributed by atoms with Crippen LogP contribution in [-0.2, 0) is 6.61 Å². The Kier molecular flexibility index (Phi) is 5.09. The number of fused-ring (bicyclic) bond motifs is 1. The van der Waals surface area contributed by atoms with E-state index in [1.807, 2.05) is 66.7 Å². The van der Waals surface area contributed by atoms with Crippen molar-refractivity contribution < 1.29 is 14.6 Å². The van der Waals surface area contributed by atoms with Crippen LogP contribution < -0.4 is 4.74 Å². The Morgan fingerprint density at radius 1 is 1.06 bits per heavy atom. The van der Waals surface area contributed by atoms with Crippen molar-refractivity contribution in [2.75, 3.05) is 0 Å². The molecule has 0 bridgehead atoms. The lowest BCUT2D eigenvalue weighted by Crippen LogP contribution is -1.97. The van der Waals surface area contributed by atoms with Crippen molar-refractivity contribution in [2.24, 2.45) is 0 Å². The molecule has 7 nitrogen and oxygen atoms in total. The summed E-state index contributed by atoms with van der Waals surface area (Å²) in [4.78, 5) is 18.8. The second-order valence-electron chi connectivity index (χ2n) is 7.22. The largest absolute Gasteiger partial charge is 0.489 e. The maximum Gasteiger partial charge on any atom is 0.338 e. The van der Waals surface area contributed by atoms with Gasteiger partial charge in [0, 0.05) is 11.2 Å². The summed E-state index contributed by atoms with van der Waals surface area (Å²) in [5, 5.41) is 13.8. The van der Waals surface area contributed by atoms with Gasteiger partial charge in [0.1, 0.15) is 12.4 Å². The van der Waals surface area contributed by atoms with E-state index < -0.39 is 5.97 Å². The smallest absolute Gasteiger partial charge is 0.338 e. The molecule has 0 aliphatic carbocycles. The summed E-state index contributed by atoms with van der Waals surface area (Å²) < 4.78 is 7.35. The van der Waals surface area contributed by atoms with Crippen molar-refractivity contribution >= 4 is 28.6 Å². The lowest BCUT2D eigenvalue weighted by molar-refractivity contribution is 0.0697. The van der Waals surface area contributed by atoms with Gasteiger partial charge in [0.15, 0.2) is 0 Å². The van der Waals surface area contributed by atoms with E-state index in [-0.39, 0.29) is 5.56 Å². The molecular formula is C24H17ClN4O3. The summed E-state index contributed by atoms with van der Waals surface area (Å²) >= 11 is 6.04. The predicted octanol–water partition coefficient (Wildman–Crippen LogP) is 5.35. The number of carboxylic acid groups (broad SMARTS) is 1. The summed E-state index contributed by atoms with van der Waals surface area (Å²) in [5.41, 5.74) is 4.66. The van der Waals surface area contributed by atoms with E-state index in [1.54, 1.807) is 0 Å². The van der Waals surface area contributed by atoms with Gasteiger partial charge in [0.05, 0.1) is 22.8 Å². The Morgan fingerprint density at radius 2 is 1.91 bits per heavy atom. The van der Waals surface area contributed by atoms with Crippen LogP contribution in [0.15, 0.2) is 79.1 Å². The molecule has 3 aromatic carbocycles. The van der Waals surface area contributed by atoms with E-state index in [4.69, 9.17) is 21.4 Å². The fraction of sp³-hybridized carbons (Fsp3) is 0.0417. The van der Waals surface area contributed by atoms with Crippen molar-refractivity contribution in [1.82, 2.24) is 19.7 Å². The van der Waals surface area contributed by atoms with Crippen LogP contribution in [-0.4, -0.2) is 30.8 Å². The van der Waals surface area contributed by atoms with Gasteiger partial charge in [-0.2, -0.15) is 5.10 Å². The first-order valence-corrected chi connectivity index (χ1v) is 10.2. The van der Waals surface area contributed by atoms with E-state index in [1.165, 1.54) is 17.1 Å². The molecule has 8 heteroatoms. The molecule has 0 spiro atoms. The third kappa shape index (κ3) is 4.06. The van der Waals surface area contributed by atoms with Crippen LogP contribution in [0.2, 0.25) is 5.02 Å². The molecule has 2 heterocycles. The maximum absolute atomic E-state index is 11.1. The van der Waals surface area contributed by atoms with Crippen molar-refractivity contribution in [2.45, 2.75) is 6.61 Å². The first-order valence-electron chi connectivity index (χ1n) is 9.81. The van der Waals surface area contributed by atoms with Crippen LogP contribution in [0.5, 0.6) is 5.75 Å². The zero-order chi connectivity index (χ0) is 22.1. The van der Waals surface area contributed by atoms with E-state index in [0.29, 0.717) is 17.6 Å². The van der Waals surface area contributed by atoms with Gasteiger partial charge in [-0.25, -0.2) is 14.5 Å². The number of rotatable bonds is 6. The van der Waals surface area contributed by atoms with Gasteiger partial charge in [-0.1, -0.05) is 41.9 Å². The lowest BCUT2D eigenvalue weighted by atomic mass is 10.0. The number of aromatic amines is 1. The maximum atomic E-state index is 11.1. The Balaban J connectivity index is 1.39. The predicted molar refractivity (Wildman–Crippen MR) is 121 cm³/mol. The number of nitrogens with zero attached hydrogens (tertiary/aromatic N) is 3. The first-order chi connectivity index (χ1) is 15.5. The highest BCUT2D eigenvalue weighted by atomic mass is 35.5. The topological polar surface area (TPSA) is 93.0 Å². The molecule has 5 rings (SSSR count). The van der Waals surface area contributed by atoms with Crippen LogP contribution in [0, 0.1) is 0 Å². The summed E-state index contributed by atoms with van der Waals surface area (Å²) in [6.07, 6.45) is 2.71. The molecule has 32 heavy (non-hydrogen) atoms. The van der Waals surface area contributed by atoms with Gasteiger partial charge >= 0.3 is 5.97 Å². The number of aromatic carboxylic acids is 1. The van der Waals surface area contributed by atoms with Crippen LogP contribution >= 0.6 is 11.6 Å². The molecule has 0 fully saturated rings. The number of carboxylic acids is 1. The average Bonchev–Trinajstić information content (AvgIpc) is 3.45. The van der Waals surface area contributed by atoms with Crippen molar-refractivity contribution in [1.29, 1.82) is 0 Å². The van der Waals surface area contributed by atoms with Crippen LogP contribution in [0.1, 0.15) is 15.9 Å². The van der Waals surface area contributed by atoms with Crippen LogP contribution in [0.3, 0.4) is 0 Å². The molecule has 0 aliphatic heterocycles. The Morgan fingerprint density at radius 3 is 2.72 bits per heavy atom. The molecule has 0 radical (unpaired) electrons. The monoisotopic (exact) mass is 444 g/mol. The first kappa shape index (κ1) is 19.8. The summed E-state index contributed by atoms with van der Waals surface area (Å²) in [5.74, 6) is 0.168. The Labute approximate surface area is 187 Å². The van der Waals surface area contributed by atoms with Gasteiger partial charge in [-0.15, -0.1) is 0 Å². The number of hydrogen-bond donors (Lipinski definition) is 2. The van der Waals surface area contributed by atoms with Gasteiger partial charge in [0.2, 0.25) is 5.95 Å². The minimum Gasteiger partial charge on any atom is -0.489 e. The molecule has 5 aromatic rings. The molecule has 0 aliphatic rings. The van der Waals surface area contributed by atoms with Crippen LogP contribution in [0.25, 0.3) is 28.1 Å². The number of benzene rings is 3. The summed E-state index contributed by atoms with van der Waals surface area (Å²) in [7, 11) is 0. The Bertz CT molecular complexity index is 1440. The fourth-order valence-corrected chi connectivity index (χ4v) is 3.61. The second-order valence-corrected chi connectivity index (χ2v) is 7.65. The number of carbonyl (C=O) groups is 1. The highest BCUT2D eigenvalue weighted by molar-refractivity contribution is 6.30. The third-order valence-corrected chi connectivity index (χ3v) is 5.21. The standard InChI is InChI=1S/C24H17ClN4O3/c25-19-5-1-3-15(9-19)14-32-20-6-2-4-16(10-20)17-7-8-21-22(11-17)28-24(27-21)29-13-18(12-26-29)23(30)31/h1-13H,14H2,(H,27,28)(H,30,31). The van der Waals surface area contributed by atoms with Crippen molar-refractivity contribution in [3.05, 3.63) is 95.3 Å². The van der Waals surface area contributed by atoms with E-state index in [9.17, 15) is 4.79 Å². The lowest BCUT2D eigenvalue weighted by Gasteiger charge is -2.09. The van der Waals surface area contributed by atoms with Gasteiger partial charge < -0.3 is 14.8 Å². The highest BCUT2D eigenvalue weighted by Gasteiger charge is 2.11. The van der Waals surface area contributed by atoms with E-state index >= 15 is 0 Å². The Hall–Kier alpha value is -4.10. The summed E-state index contributed by atoms with van der Waals surface area (Å²) in [6.45, 7) is 0.426. The average molecular weight is 445 g/mol. The fourth-order valence-electron chi connectivity index (χ4n) is 3.39. The van der Waals surface area contributed by atoms with E-state index in [2.05, 4.69) is 15.1 Å². The van der Waals surface area contributed by atoms with Gasteiger partial charge in [-0.05, 0) is 53.1 Å². The van der Waals surface area contributed by atoms with Gasteiger partial charge in [0.25, 0.3) is 0 Å². The normalized spacial score (nSPS) is 11.0. The number of aromatic nitrogens is 4. The van der Waals surface area contributed by atoms with E-state index in [0.717, 1.165) is 33.5 Å². The van der Waals surface area contributed by atoms with Gasteiger partial charge in [-0.3, -0.25) is 0 Å². The highest BCUT2D eigenvalue weighted by Crippen LogP contribution is 2.27. The number of nitrogens with one attached hydrogen (secondary N) is 1. The molecule has 2 aromatic heterocycles. The molecule has 2 N–H and O–H groups in total. The van der Waals surface area contributed by atoms with Crippen molar-refractivity contribution in [3.63, 3.8) is 0 Å². The number of hydrogen-bond acceptors (Lipinski definition) is 4. The van der Waals surface area contributed by atoms with Crippen molar-refractivity contribution in [3.8, 4) is 22.8 Å². The molecular weight excluding hydrogens is 428 g/mol. The SMILES string of the molecule is O=C(O)c1cnn(-c2nc3ccc(-c4cccc(OCc5cccc(Cl)c5)c4)cc3[nH]2)c1.